The zero-order chi connectivity index (χ0) is 12.2. The Morgan fingerprint density at radius 1 is 0.889 bits per heavy atom. The van der Waals surface area contributed by atoms with Crippen molar-refractivity contribution in [3.05, 3.63) is 72.6 Å². The molecule has 18 heavy (non-hydrogen) atoms. The van der Waals surface area contributed by atoms with Gasteiger partial charge in [0.15, 0.2) is 0 Å². The Hall–Kier alpha value is -2.42. The molecule has 0 unspecified atom stereocenters. The minimum atomic E-state index is 0.741. The van der Waals surface area contributed by atoms with Crippen LogP contribution in [0.5, 0.6) is 0 Å². The van der Waals surface area contributed by atoms with Crippen LogP contribution in [0.25, 0.3) is 11.1 Å². The van der Waals surface area contributed by atoms with Gasteiger partial charge in [0.05, 0.1) is 12.7 Å². The number of rotatable bonds is 3. The van der Waals surface area contributed by atoms with Gasteiger partial charge < -0.3 is 0 Å². The van der Waals surface area contributed by atoms with Crippen LogP contribution in [-0.4, -0.2) is 15.0 Å². The standard InChI is InChI=1S/C15H13N3/c1-2-6-13(7-3-1)15-9-5-4-8-14(15)12-18-11-10-16-17-18/h1-11H,12H2. The van der Waals surface area contributed by atoms with Gasteiger partial charge in [0.1, 0.15) is 0 Å². The molecule has 0 N–H and O–H groups in total. The lowest BCUT2D eigenvalue weighted by atomic mass is 10.00. The summed E-state index contributed by atoms with van der Waals surface area (Å²) in [5.41, 5.74) is 3.72. The maximum atomic E-state index is 4.01. The normalized spacial score (nSPS) is 10.4. The summed E-state index contributed by atoms with van der Waals surface area (Å²) >= 11 is 0. The molecule has 3 heteroatoms. The molecule has 3 nitrogen and oxygen atoms in total. The highest BCUT2D eigenvalue weighted by Crippen LogP contribution is 2.23. The predicted molar refractivity (Wildman–Crippen MR) is 71.0 cm³/mol. The summed E-state index contributed by atoms with van der Waals surface area (Å²) < 4.78 is 1.84. The highest BCUT2D eigenvalue weighted by atomic mass is 15.4. The molecular formula is C15H13N3. The topological polar surface area (TPSA) is 30.7 Å². The van der Waals surface area contributed by atoms with Crippen LogP contribution in [0.1, 0.15) is 5.56 Å². The van der Waals surface area contributed by atoms with Crippen LogP contribution in [0.2, 0.25) is 0 Å². The Balaban J connectivity index is 2.00. The maximum Gasteiger partial charge on any atom is 0.0693 e. The second-order valence-corrected chi connectivity index (χ2v) is 4.12. The van der Waals surface area contributed by atoms with E-state index < -0.39 is 0 Å². The van der Waals surface area contributed by atoms with Crippen LogP contribution in [0, 0.1) is 0 Å². The van der Waals surface area contributed by atoms with Crippen molar-refractivity contribution in [2.45, 2.75) is 6.54 Å². The number of hydrogen-bond acceptors (Lipinski definition) is 2. The van der Waals surface area contributed by atoms with Crippen molar-refractivity contribution in [2.75, 3.05) is 0 Å². The Bertz CT molecular complexity index is 615. The lowest BCUT2D eigenvalue weighted by molar-refractivity contribution is 0.650. The van der Waals surface area contributed by atoms with Crippen LogP contribution >= 0.6 is 0 Å². The summed E-state index contributed by atoms with van der Waals surface area (Å²) in [7, 11) is 0. The summed E-state index contributed by atoms with van der Waals surface area (Å²) in [6.07, 6.45) is 3.58. The molecule has 3 rings (SSSR count). The van der Waals surface area contributed by atoms with Crippen molar-refractivity contribution in [3.8, 4) is 11.1 Å². The second kappa shape index (κ2) is 4.84. The molecule has 0 aliphatic carbocycles. The zero-order valence-electron chi connectivity index (χ0n) is 9.90. The van der Waals surface area contributed by atoms with Gasteiger partial charge in [0.2, 0.25) is 0 Å². The van der Waals surface area contributed by atoms with Gasteiger partial charge in [0, 0.05) is 6.20 Å². The molecule has 0 bridgehead atoms. The minimum absolute atomic E-state index is 0.741. The van der Waals surface area contributed by atoms with Gasteiger partial charge in [-0.1, -0.05) is 59.8 Å². The van der Waals surface area contributed by atoms with Crippen LogP contribution in [0.15, 0.2) is 67.0 Å². The quantitative estimate of drug-likeness (QED) is 0.698. The van der Waals surface area contributed by atoms with Crippen molar-refractivity contribution in [1.82, 2.24) is 15.0 Å². The van der Waals surface area contributed by atoms with E-state index >= 15 is 0 Å². The van der Waals surface area contributed by atoms with Gasteiger partial charge in [-0.2, -0.15) is 0 Å². The molecule has 2 aromatic carbocycles. The first kappa shape index (κ1) is 10.7. The third-order valence-corrected chi connectivity index (χ3v) is 2.91. The fourth-order valence-electron chi connectivity index (χ4n) is 2.05. The van der Waals surface area contributed by atoms with Gasteiger partial charge in [-0.3, -0.25) is 0 Å². The van der Waals surface area contributed by atoms with Crippen LogP contribution < -0.4 is 0 Å². The van der Waals surface area contributed by atoms with Crippen molar-refractivity contribution in [2.24, 2.45) is 0 Å². The fourth-order valence-corrected chi connectivity index (χ4v) is 2.05. The summed E-state index contributed by atoms with van der Waals surface area (Å²) in [6.45, 7) is 0.741. The minimum Gasteiger partial charge on any atom is -0.248 e. The molecule has 0 radical (unpaired) electrons. The summed E-state index contributed by atoms with van der Waals surface area (Å²) in [4.78, 5) is 0. The fraction of sp³-hybridized carbons (Fsp3) is 0.0667. The van der Waals surface area contributed by atoms with Gasteiger partial charge in [0.25, 0.3) is 0 Å². The molecule has 0 aliphatic heterocycles. The first-order valence-corrected chi connectivity index (χ1v) is 5.91. The summed E-state index contributed by atoms with van der Waals surface area (Å²) in [6, 6.07) is 18.8. The Morgan fingerprint density at radius 3 is 2.44 bits per heavy atom. The molecule has 1 heterocycles. The first-order valence-electron chi connectivity index (χ1n) is 5.91. The molecular weight excluding hydrogens is 222 g/mol. The Kier molecular flexibility index (Phi) is 2.88. The molecule has 0 spiro atoms. The van der Waals surface area contributed by atoms with E-state index in [9.17, 15) is 0 Å². The third-order valence-electron chi connectivity index (χ3n) is 2.91. The lowest BCUT2D eigenvalue weighted by Gasteiger charge is -2.09. The van der Waals surface area contributed by atoms with E-state index in [1.54, 1.807) is 6.20 Å². The van der Waals surface area contributed by atoms with E-state index in [0.29, 0.717) is 0 Å². The largest absolute Gasteiger partial charge is 0.248 e. The van der Waals surface area contributed by atoms with Gasteiger partial charge in [-0.15, -0.1) is 5.10 Å². The number of hydrogen-bond donors (Lipinski definition) is 0. The average molecular weight is 235 g/mol. The average Bonchev–Trinajstić information content (AvgIpc) is 2.93. The van der Waals surface area contributed by atoms with E-state index in [1.807, 2.05) is 16.9 Å². The van der Waals surface area contributed by atoms with Crippen molar-refractivity contribution in [3.63, 3.8) is 0 Å². The van der Waals surface area contributed by atoms with E-state index in [-0.39, 0.29) is 0 Å². The van der Waals surface area contributed by atoms with Crippen molar-refractivity contribution >= 4 is 0 Å². The molecule has 0 fully saturated rings. The van der Waals surface area contributed by atoms with Crippen molar-refractivity contribution in [1.29, 1.82) is 0 Å². The van der Waals surface area contributed by atoms with E-state index in [2.05, 4.69) is 58.8 Å². The molecule has 1 aromatic heterocycles. The maximum absolute atomic E-state index is 4.01. The molecule has 0 saturated heterocycles. The van der Waals surface area contributed by atoms with Gasteiger partial charge >= 0.3 is 0 Å². The number of nitrogens with zero attached hydrogens (tertiary/aromatic N) is 3. The monoisotopic (exact) mass is 235 g/mol. The highest BCUT2D eigenvalue weighted by molar-refractivity contribution is 5.67. The van der Waals surface area contributed by atoms with Crippen LogP contribution in [0.4, 0.5) is 0 Å². The zero-order valence-corrected chi connectivity index (χ0v) is 9.90. The Labute approximate surface area is 106 Å². The van der Waals surface area contributed by atoms with Gasteiger partial charge in [-0.05, 0) is 16.7 Å². The molecule has 0 amide bonds. The molecule has 3 aromatic rings. The van der Waals surface area contributed by atoms with E-state index in [4.69, 9.17) is 0 Å². The predicted octanol–water partition coefficient (Wildman–Crippen LogP) is 2.99. The van der Waals surface area contributed by atoms with E-state index in [0.717, 1.165) is 6.54 Å². The Morgan fingerprint density at radius 2 is 1.67 bits per heavy atom. The first-order chi connectivity index (χ1) is 8.93. The number of benzene rings is 2. The van der Waals surface area contributed by atoms with E-state index in [1.165, 1.54) is 16.7 Å². The lowest BCUT2D eigenvalue weighted by Crippen LogP contribution is -2.02. The van der Waals surface area contributed by atoms with Crippen LogP contribution in [0.3, 0.4) is 0 Å². The SMILES string of the molecule is c1ccc(-c2ccccc2Cn2ccnn2)cc1. The third kappa shape index (κ3) is 2.15. The second-order valence-electron chi connectivity index (χ2n) is 4.12. The summed E-state index contributed by atoms with van der Waals surface area (Å²) in [5.74, 6) is 0. The molecule has 0 atom stereocenters. The van der Waals surface area contributed by atoms with Gasteiger partial charge in [-0.25, -0.2) is 4.68 Å². The highest BCUT2D eigenvalue weighted by Gasteiger charge is 2.04. The molecule has 0 saturated carbocycles. The molecule has 0 aliphatic rings. The molecule has 88 valence electrons. The number of aromatic nitrogens is 3. The summed E-state index contributed by atoms with van der Waals surface area (Å²) in [5, 5.41) is 7.85. The van der Waals surface area contributed by atoms with Crippen molar-refractivity contribution < 1.29 is 0 Å². The van der Waals surface area contributed by atoms with Crippen LogP contribution in [-0.2, 0) is 6.54 Å². The smallest absolute Gasteiger partial charge is 0.0693 e.